The zero-order chi connectivity index (χ0) is 19.2. The van der Waals surface area contributed by atoms with E-state index in [1.54, 1.807) is 18.2 Å². The molecule has 9 nitrogen and oxygen atoms in total. The Labute approximate surface area is 156 Å². The van der Waals surface area contributed by atoms with Gasteiger partial charge in [-0.15, -0.1) is 0 Å². The van der Waals surface area contributed by atoms with Gasteiger partial charge in [-0.2, -0.15) is 5.10 Å². The molecule has 2 aromatic rings. The van der Waals surface area contributed by atoms with Gasteiger partial charge >= 0.3 is 0 Å². The first-order valence-electron chi connectivity index (χ1n) is 8.50. The number of rotatable bonds is 5. The van der Waals surface area contributed by atoms with E-state index < -0.39 is 4.92 Å². The highest BCUT2D eigenvalue weighted by atomic mass is 16.6. The highest BCUT2D eigenvalue weighted by Crippen LogP contribution is 2.25. The molecule has 1 N–H and O–H groups in total. The first-order valence-corrected chi connectivity index (χ1v) is 8.50. The van der Waals surface area contributed by atoms with Crippen LogP contribution in [0.5, 0.6) is 0 Å². The Morgan fingerprint density at radius 2 is 1.93 bits per heavy atom. The molecule has 1 aromatic carbocycles. The van der Waals surface area contributed by atoms with Crippen LogP contribution < -0.4 is 10.3 Å². The number of hydrazone groups is 1. The number of carbonyl (C=O) groups is 1. The van der Waals surface area contributed by atoms with Crippen molar-refractivity contribution < 1.29 is 9.72 Å². The average molecular weight is 368 g/mol. The number of piperazine rings is 1. The minimum Gasteiger partial charge on any atom is -0.368 e. The topological polar surface area (TPSA) is 104 Å². The molecule has 0 aliphatic carbocycles. The third-order valence-corrected chi connectivity index (χ3v) is 4.38. The van der Waals surface area contributed by atoms with Gasteiger partial charge in [0.1, 0.15) is 0 Å². The average Bonchev–Trinajstić information content (AvgIpc) is 2.69. The predicted octanol–water partition coefficient (Wildman–Crippen LogP) is 1.51. The molecule has 27 heavy (non-hydrogen) atoms. The fraction of sp³-hybridized carbons (Fsp3) is 0.278. The number of aromatic nitrogens is 1. The Morgan fingerprint density at radius 3 is 2.59 bits per heavy atom. The molecule has 9 heteroatoms. The minimum atomic E-state index is -0.444. The van der Waals surface area contributed by atoms with Gasteiger partial charge in [0, 0.05) is 67.5 Å². The lowest BCUT2D eigenvalue weighted by atomic mass is 10.1. The minimum absolute atomic E-state index is 0.0187. The number of benzene rings is 1. The summed E-state index contributed by atoms with van der Waals surface area (Å²) in [5, 5.41) is 15.1. The summed E-state index contributed by atoms with van der Waals surface area (Å²) in [6.07, 6.45) is 4.48. The van der Waals surface area contributed by atoms with Crippen LogP contribution >= 0.6 is 0 Å². The van der Waals surface area contributed by atoms with Crippen LogP contribution in [0, 0.1) is 10.1 Å². The van der Waals surface area contributed by atoms with E-state index in [1.165, 1.54) is 30.7 Å². The van der Waals surface area contributed by atoms with Crippen molar-refractivity contribution in [2.45, 2.75) is 0 Å². The summed E-state index contributed by atoms with van der Waals surface area (Å²) < 4.78 is 0. The van der Waals surface area contributed by atoms with Crippen LogP contribution in [-0.2, 0) is 0 Å². The van der Waals surface area contributed by atoms with Crippen molar-refractivity contribution in [3.8, 4) is 0 Å². The molecule has 1 fully saturated rings. The van der Waals surface area contributed by atoms with Crippen LogP contribution in [0.4, 0.5) is 11.4 Å². The van der Waals surface area contributed by atoms with Crippen LogP contribution in [0.3, 0.4) is 0 Å². The van der Waals surface area contributed by atoms with Gasteiger partial charge < -0.3 is 9.80 Å². The summed E-state index contributed by atoms with van der Waals surface area (Å²) in [5.74, 6) is -0.375. The van der Waals surface area contributed by atoms with Gasteiger partial charge in [0.15, 0.2) is 0 Å². The van der Waals surface area contributed by atoms with Crippen LogP contribution in [-0.4, -0.2) is 60.2 Å². The van der Waals surface area contributed by atoms with E-state index >= 15 is 0 Å². The van der Waals surface area contributed by atoms with Gasteiger partial charge in [0.2, 0.25) is 0 Å². The molecule has 2 heterocycles. The molecule has 1 aliphatic rings. The first-order chi connectivity index (χ1) is 13.0. The summed E-state index contributed by atoms with van der Waals surface area (Å²) in [6, 6.07) is 7.84. The summed E-state index contributed by atoms with van der Waals surface area (Å²) in [6.45, 7) is 3.45. The van der Waals surface area contributed by atoms with Crippen LogP contribution in [0.1, 0.15) is 15.9 Å². The molecule has 1 amide bonds. The molecule has 0 spiro atoms. The van der Waals surface area contributed by atoms with Gasteiger partial charge in [0.25, 0.3) is 11.6 Å². The van der Waals surface area contributed by atoms with Crippen LogP contribution in [0.25, 0.3) is 0 Å². The Morgan fingerprint density at radius 1 is 1.22 bits per heavy atom. The van der Waals surface area contributed by atoms with Gasteiger partial charge in [0.05, 0.1) is 11.1 Å². The number of amides is 1. The lowest BCUT2D eigenvalue weighted by Gasteiger charge is -2.34. The number of pyridine rings is 1. The molecule has 1 aromatic heterocycles. The standard InChI is InChI=1S/C18H20N6O3/c1-22-8-10-23(11-9-22)17-3-2-16(24(26)27)12-15(17)13-20-21-18(25)14-4-6-19-7-5-14/h2-7,12-13H,8-11H2,1H3,(H,21,25)/b20-13+. The number of hydrogen-bond acceptors (Lipinski definition) is 7. The third-order valence-electron chi connectivity index (χ3n) is 4.38. The van der Waals surface area contributed by atoms with E-state index in [1.807, 2.05) is 0 Å². The predicted molar refractivity (Wildman–Crippen MR) is 102 cm³/mol. The number of likely N-dealkylation sites (N-methyl/N-ethyl adjacent to an activating group) is 1. The quantitative estimate of drug-likeness (QED) is 0.487. The fourth-order valence-electron chi connectivity index (χ4n) is 2.82. The van der Waals surface area contributed by atoms with E-state index in [0.717, 1.165) is 31.9 Å². The Bertz CT molecular complexity index is 847. The maximum atomic E-state index is 12.1. The van der Waals surface area contributed by atoms with Crippen molar-refractivity contribution in [1.82, 2.24) is 15.3 Å². The molecular weight excluding hydrogens is 348 g/mol. The van der Waals surface area contributed by atoms with Crippen molar-refractivity contribution in [3.63, 3.8) is 0 Å². The second-order valence-corrected chi connectivity index (χ2v) is 6.23. The molecule has 140 valence electrons. The SMILES string of the molecule is CN1CCN(c2ccc([N+](=O)[O-])cc2/C=N/NC(=O)c2ccncc2)CC1. The molecule has 0 bridgehead atoms. The first kappa shape index (κ1) is 18.5. The second-order valence-electron chi connectivity index (χ2n) is 6.23. The summed E-state index contributed by atoms with van der Waals surface area (Å²) in [5.41, 5.74) is 4.30. The lowest BCUT2D eigenvalue weighted by Crippen LogP contribution is -2.44. The highest BCUT2D eigenvalue weighted by Gasteiger charge is 2.18. The lowest BCUT2D eigenvalue weighted by molar-refractivity contribution is -0.384. The van der Waals surface area contributed by atoms with Crippen molar-refractivity contribution in [2.75, 3.05) is 38.1 Å². The van der Waals surface area contributed by atoms with Crippen LogP contribution in [0.2, 0.25) is 0 Å². The van der Waals surface area contributed by atoms with Gasteiger partial charge in [-0.1, -0.05) is 0 Å². The molecule has 3 rings (SSSR count). The maximum absolute atomic E-state index is 12.1. The van der Waals surface area contributed by atoms with E-state index in [-0.39, 0.29) is 11.6 Å². The van der Waals surface area contributed by atoms with Gasteiger partial charge in [-0.05, 0) is 25.2 Å². The zero-order valence-electron chi connectivity index (χ0n) is 14.9. The van der Waals surface area contributed by atoms with E-state index in [4.69, 9.17) is 0 Å². The van der Waals surface area contributed by atoms with Crippen molar-refractivity contribution in [3.05, 3.63) is 64.0 Å². The second kappa shape index (κ2) is 8.37. The number of nitrogens with zero attached hydrogens (tertiary/aromatic N) is 5. The number of nitrogens with one attached hydrogen (secondary N) is 1. The molecular formula is C18H20N6O3. The number of carbonyl (C=O) groups excluding carboxylic acids is 1. The van der Waals surface area contributed by atoms with E-state index in [9.17, 15) is 14.9 Å². The molecule has 0 radical (unpaired) electrons. The number of anilines is 1. The molecule has 0 unspecified atom stereocenters. The number of nitro groups is 1. The summed E-state index contributed by atoms with van der Waals surface area (Å²) in [7, 11) is 2.06. The van der Waals surface area contributed by atoms with E-state index in [0.29, 0.717) is 11.1 Å². The smallest absolute Gasteiger partial charge is 0.271 e. The van der Waals surface area contributed by atoms with Crippen molar-refractivity contribution >= 4 is 23.5 Å². The maximum Gasteiger partial charge on any atom is 0.271 e. The number of hydrogen-bond donors (Lipinski definition) is 1. The van der Waals surface area contributed by atoms with Crippen molar-refractivity contribution in [1.29, 1.82) is 0 Å². The molecule has 0 saturated carbocycles. The third kappa shape index (κ3) is 4.64. The summed E-state index contributed by atoms with van der Waals surface area (Å²) >= 11 is 0. The number of nitro benzene ring substituents is 1. The Balaban J connectivity index is 1.80. The fourth-order valence-corrected chi connectivity index (χ4v) is 2.82. The molecule has 1 aliphatic heterocycles. The monoisotopic (exact) mass is 368 g/mol. The normalized spacial score (nSPS) is 15.1. The molecule has 0 atom stereocenters. The number of non-ortho nitro benzene ring substituents is 1. The largest absolute Gasteiger partial charge is 0.368 e. The Kier molecular flexibility index (Phi) is 5.72. The van der Waals surface area contributed by atoms with Gasteiger partial charge in [-0.25, -0.2) is 5.43 Å². The van der Waals surface area contributed by atoms with Gasteiger partial charge in [-0.3, -0.25) is 19.9 Å². The van der Waals surface area contributed by atoms with Crippen molar-refractivity contribution in [2.24, 2.45) is 5.10 Å². The van der Waals surface area contributed by atoms with Crippen LogP contribution in [0.15, 0.2) is 47.8 Å². The molecule has 1 saturated heterocycles. The highest BCUT2D eigenvalue weighted by molar-refractivity contribution is 5.95. The summed E-state index contributed by atoms with van der Waals surface area (Å²) in [4.78, 5) is 31.0. The van der Waals surface area contributed by atoms with E-state index in [2.05, 4.69) is 32.4 Å². The Hall–Kier alpha value is -3.33. The zero-order valence-corrected chi connectivity index (χ0v) is 14.9.